The number of carbonyl (C=O) groups excluding carboxylic acids is 1. The van der Waals surface area contributed by atoms with Gasteiger partial charge in [0.05, 0.1) is 12.2 Å². The van der Waals surface area contributed by atoms with E-state index in [1.165, 1.54) is 17.7 Å². The van der Waals surface area contributed by atoms with Crippen molar-refractivity contribution in [3.63, 3.8) is 0 Å². The predicted molar refractivity (Wildman–Crippen MR) is 96.7 cm³/mol. The third-order valence-corrected chi connectivity index (χ3v) is 4.63. The minimum Gasteiger partial charge on any atom is -0.493 e. The number of hydrogen-bond donors (Lipinski definition) is 1. The topological polar surface area (TPSA) is 38.3 Å². The molecule has 1 N–H and O–H groups in total. The van der Waals surface area contributed by atoms with Crippen molar-refractivity contribution in [2.75, 3.05) is 6.61 Å². The number of amides is 1. The molecule has 0 aromatic heterocycles. The summed E-state index contributed by atoms with van der Waals surface area (Å²) in [5, 5.41) is 2.95. The molecule has 0 saturated heterocycles. The van der Waals surface area contributed by atoms with Gasteiger partial charge in [0.2, 0.25) is 5.91 Å². The monoisotopic (exact) mass is 377 g/mol. The zero-order valence-corrected chi connectivity index (χ0v) is 15.1. The van der Waals surface area contributed by atoms with E-state index < -0.39 is 11.7 Å². The summed E-state index contributed by atoms with van der Waals surface area (Å²) in [4.78, 5) is 12.1. The Bertz CT molecular complexity index is 800. The van der Waals surface area contributed by atoms with E-state index in [0.717, 1.165) is 42.9 Å². The summed E-state index contributed by atoms with van der Waals surface area (Å²) >= 11 is 0. The highest BCUT2D eigenvalue weighted by Gasteiger charge is 2.29. The Labute approximate surface area is 156 Å². The van der Waals surface area contributed by atoms with Crippen LogP contribution in [0.5, 0.6) is 5.75 Å². The van der Waals surface area contributed by atoms with Gasteiger partial charge in [0.15, 0.2) is 0 Å². The average molecular weight is 377 g/mol. The van der Waals surface area contributed by atoms with Gasteiger partial charge in [-0.25, -0.2) is 0 Å². The van der Waals surface area contributed by atoms with E-state index in [-0.39, 0.29) is 18.4 Å². The molecule has 3 nitrogen and oxygen atoms in total. The zero-order chi connectivity index (χ0) is 19.4. The number of rotatable bonds is 6. The molecule has 0 bridgehead atoms. The van der Waals surface area contributed by atoms with Crippen LogP contribution in [0.4, 0.5) is 13.2 Å². The Morgan fingerprint density at radius 3 is 2.56 bits per heavy atom. The van der Waals surface area contributed by atoms with Crippen molar-refractivity contribution in [1.29, 1.82) is 0 Å². The maximum absolute atomic E-state index is 12.6. The van der Waals surface area contributed by atoms with Crippen molar-refractivity contribution in [2.45, 2.75) is 44.8 Å². The first kappa shape index (κ1) is 19.3. The predicted octanol–water partition coefficient (Wildman–Crippen LogP) is 4.32. The number of nitrogens with one attached hydrogen (secondary N) is 1. The first-order valence-corrected chi connectivity index (χ1v) is 9.01. The van der Waals surface area contributed by atoms with Crippen LogP contribution in [0, 0.1) is 0 Å². The van der Waals surface area contributed by atoms with E-state index in [1.54, 1.807) is 0 Å². The molecule has 144 valence electrons. The lowest BCUT2D eigenvalue weighted by molar-refractivity contribution is -0.137. The van der Waals surface area contributed by atoms with Gasteiger partial charge in [0.25, 0.3) is 0 Å². The highest BCUT2D eigenvalue weighted by Crippen LogP contribution is 2.29. The third-order valence-electron chi connectivity index (χ3n) is 4.63. The van der Waals surface area contributed by atoms with Gasteiger partial charge in [-0.3, -0.25) is 4.79 Å². The van der Waals surface area contributed by atoms with Crippen LogP contribution in [-0.2, 0) is 30.2 Å². The Balaban J connectivity index is 1.46. The number of aryl methyl sites for hydroxylation is 1. The number of benzene rings is 2. The van der Waals surface area contributed by atoms with Crippen LogP contribution >= 0.6 is 0 Å². The second-order valence-corrected chi connectivity index (χ2v) is 6.91. The zero-order valence-electron chi connectivity index (χ0n) is 15.1. The van der Waals surface area contributed by atoms with Gasteiger partial charge >= 0.3 is 6.18 Å². The minimum atomic E-state index is -4.34. The first-order chi connectivity index (χ1) is 12.8. The summed E-state index contributed by atoms with van der Waals surface area (Å²) in [5.74, 6) is 0.832. The fraction of sp³-hybridized carbons (Fsp3) is 0.381. The number of fused-ring (bicyclic) bond motifs is 1. The molecule has 1 amide bonds. The van der Waals surface area contributed by atoms with Crippen molar-refractivity contribution in [2.24, 2.45) is 0 Å². The van der Waals surface area contributed by atoms with E-state index in [2.05, 4.69) is 11.4 Å². The summed E-state index contributed by atoms with van der Waals surface area (Å²) in [6, 6.07) is 11.0. The van der Waals surface area contributed by atoms with E-state index in [0.29, 0.717) is 12.0 Å². The Hall–Kier alpha value is -2.50. The van der Waals surface area contributed by atoms with Crippen LogP contribution < -0.4 is 10.1 Å². The lowest BCUT2D eigenvalue weighted by Gasteiger charge is -2.15. The molecule has 0 spiro atoms. The maximum Gasteiger partial charge on any atom is 0.416 e. The van der Waals surface area contributed by atoms with Crippen LogP contribution in [0.3, 0.4) is 0 Å². The smallest absolute Gasteiger partial charge is 0.416 e. The van der Waals surface area contributed by atoms with Gasteiger partial charge in [0, 0.05) is 18.9 Å². The van der Waals surface area contributed by atoms with Crippen LogP contribution in [0.25, 0.3) is 0 Å². The minimum absolute atomic E-state index is 0.0227. The molecule has 0 saturated carbocycles. The molecule has 1 aliphatic rings. The van der Waals surface area contributed by atoms with Crippen molar-refractivity contribution >= 4 is 5.91 Å². The molecule has 27 heavy (non-hydrogen) atoms. The average Bonchev–Trinajstić information content (AvgIpc) is 3.07. The molecule has 1 heterocycles. The number of carbonyl (C=O) groups is 1. The van der Waals surface area contributed by atoms with Gasteiger partial charge in [-0.15, -0.1) is 0 Å². The van der Waals surface area contributed by atoms with Crippen molar-refractivity contribution in [3.8, 4) is 5.75 Å². The molecule has 1 atom stereocenters. The van der Waals surface area contributed by atoms with Gasteiger partial charge in [0.1, 0.15) is 5.75 Å². The highest BCUT2D eigenvalue weighted by molar-refractivity contribution is 5.76. The normalized spacial score (nSPS) is 14.4. The Kier molecular flexibility index (Phi) is 5.73. The van der Waals surface area contributed by atoms with E-state index in [1.807, 2.05) is 19.1 Å². The van der Waals surface area contributed by atoms with Crippen LogP contribution in [-0.4, -0.2) is 18.6 Å². The van der Waals surface area contributed by atoms with Crippen molar-refractivity contribution in [1.82, 2.24) is 5.32 Å². The molecular formula is C21H22F3NO2. The summed E-state index contributed by atoms with van der Waals surface area (Å²) < 4.78 is 43.2. The molecule has 0 unspecified atom stereocenters. The number of ether oxygens (including phenoxy) is 1. The third kappa shape index (κ3) is 5.25. The van der Waals surface area contributed by atoms with Crippen LogP contribution in [0.2, 0.25) is 0 Å². The summed E-state index contributed by atoms with van der Waals surface area (Å²) in [7, 11) is 0. The largest absolute Gasteiger partial charge is 0.493 e. The second kappa shape index (κ2) is 8.03. The Morgan fingerprint density at radius 2 is 1.85 bits per heavy atom. The molecule has 0 aliphatic carbocycles. The van der Waals surface area contributed by atoms with Crippen LogP contribution in [0.1, 0.15) is 35.6 Å². The molecule has 2 aromatic carbocycles. The summed E-state index contributed by atoms with van der Waals surface area (Å²) in [6.07, 6.45) is -2.05. The molecular weight excluding hydrogens is 355 g/mol. The van der Waals surface area contributed by atoms with Gasteiger partial charge in [-0.05, 0) is 54.7 Å². The van der Waals surface area contributed by atoms with E-state index >= 15 is 0 Å². The van der Waals surface area contributed by atoms with Gasteiger partial charge < -0.3 is 10.1 Å². The van der Waals surface area contributed by atoms with Gasteiger partial charge in [-0.1, -0.05) is 24.3 Å². The van der Waals surface area contributed by atoms with Crippen molar-refractivity contribution in [3.05, 3.63) is 64.7 Å². The standard InChI is InChI=1S/C21H22F3NO2/c1-14(12-16-4-8-19-17(13-16)10-11-27-19)25-20(26)9-5-15-2-6-18(7-3-15)21(22,23)24/h2-4,6-8,13-14H,5,9-12H2,1H3,(H,25,26)/t14-/m0/s1. The fourth-order valence-electron chi connectivity index (χ4n) is 3.24. The first-order valence-electron chi connectivity index (χ1n) is 9.01. The molecule has 0 fully saturated rings. The number of halogens is 3. The lowest BCUT2D eigenvalue weighted by Crippen LogP contribution is -2.34. The van der Waals surface area contributed by atoms with E-state index in [4.69, 9.17) is 4.74 Å². The van der Waals surface area contributed by atoms with Crippen LogP contribution in [0.15, 0.2) is 42.5 Å². The number of hydrogen-bond acceptors (Lipinski definition) is 2. The molecule has 0 radical (unpaired) electrons. The number of alkyl halides is 3. The summed E-state index contributed by atoms with van der Waals surface area (Å²) in [5.41, 5.74) is 2.39. The highest BCUT2D eigenvalue weighted by atomic mass is 19.4. The second-order valence-electron chi connectivity index (χ2n) is 6.91. The Morgan fingerprint density at radius 1 is 1.15 bits per heavy atom. The lowest BCUT2D eigenvalue weighted by atomic mass is 10.0. The molecule has 2 aromatic rings. The molecule has 3 rings (SSSR count). The van der Waals surface area contributed by atoms with Gasteiger partial charge in [-0.2, -0.15) is 13.2 Å². The molecule has 1 aliphatic heterocycles. The van der Waals surface area contributed by atoms with Crippen molar-refractivity contribution < 1.29 is 22.7 Å². The van der Waals surface area contributed by atoms with E-state index in [9.17, 15) is 18.0 Å². The SMILES string of the molecule is C[C@@H](Cc1ccc2c(c1)CCO2)NC(=O)CCc1ccc(C(F)(F)F)cc1. The maximum atomic E-state index is 12.6. The fourth-order valence-corrected chi connectivity index (χ4v) is 3.24. The molecule has 6 heteroatoms. The summed E-state index contributed by atoms with van der Waals surface area (Å²) in [6.45, 7) is 2.66. The quantitative estimate of drug-likeness (QED) is 0.814.